The van der Waals surface area contributed by atoms with Gasteiger partial charge in [0.05, 0.1) is 11.9 Å². The summed E-state index contributed by atoms with van der Waals surface area (Å²) in [4.78, 5) is 7.79. The number of hydrogen-bond donors (Lipinski definition) is 2. The van der Waals surface area contributed by atoms with Crippen molar-refractivity contribution in [1.82, 2.24) is 15.3 Å². The second-order valence-corrected chi connectivity index (χ2v) is 5.05. The summed E-state index contributed by atoms with van der Waals surface area (Å²) in [6, 6.07) is 2.81. The zero-order valence-corrected chi connectivity index (χ0v) is 10.9. The summed E-state index contributed by atoms with van der Waals surface area (Å²) in [5, 5.41) is 3.49. The minimum Gasteiger partial charge on any atom is -0.466 e. The molecule has 0 amide bonds. The van der Waals surface area contributed by atoms with Crippen molar-refractivity contribution in [2.75, 3.05) is 6.54 Å². The minimum atomic E-state index is 0.762. The summed E-state index contributed by atoms with van der Waals surface area (Å²) in [5.74, 6) is 2.92. The second kappa shape index (κ2) is 4.61. The van der Waals surface area contributed by atoms with Crippen LogP contribution in [0.1, 0.15) is 30.2 Å². The quantitative estimate of drug-likeness (QED) is 0.851. The van der Waals surface area contributed by atoms with E-state index < -0.39 is 0 Å². The van der Waals surface area contributed by atoms with Gasteiger partial charge in [0.15, 0.2) is 0 Å². The molecule has 2 heterocycles. The van der Waals surface area contributed by atoms with Gasteiger partial charge in [0.2, 0.25) is 0 Å². The molecule has 0 atom stereocenters. The van der Waals surface area contributed by atoms with Gasteiger partial charge in [0, 0.05) is 24.6 Å². The van der Waals surface area contributed by atoms with Gasteiger partial charge in [0.25, 0.3) is 0 Å². The van der Waals surface area contributed by atoms with E-state index in [0.29, 0.717) is 0 Å². The lowest BCUT2D eigenvalue weighted by molar-refractivity contribution is 0.505. The van der Waals surface area contributed by atoms with E-state index in [1.54, 1.807) is 0 Å². The Labute approximate surface area is 107 Å². The van der Waals surface area contributed by atoms with Crippen LogP contribution in [0.3, 0.4) is 0 Å². The van der Waals surface area contributed by atoms with Crippen LogP contribution in [0.4, 0.5) is 0 Å². The van der Waals surface area contributed by atoms with Gasteiger partial charge in [-0.15, -0.1) is 0 Å². The molecule has 1 aliphatic carbocycles. The molecule has 18 heavy (non-hydrogen) atoms. The molecule has 0 spiro atoms. The van der Waals surface area contributed by atoms with Crippen LogP contribution in [0, 0.1) is 13.8 Å². The fourth-order valence-corrected chi connectivity index (χ4v) is 2.21. The molecule has 1 aliphatic rings. The van der Waals surface area contributed by atoms with E-state index in [4.69, 9.17) is 4.42 Å². The van der Waals surface area contributed by atoms with E-state index in [9.17, 15) is 0 Å². The molecule has 0 bridgehead atoms. The molecule has 0 aromatic carbocycles. The summed E-state index contributed by atoms with van der Waals surface area (Å²) in [6.07, 6.45) is 5.50. The van der Waals surface area contributed by atoms with Crippen molar-refractivity contribution in [3.05, 3.63) is 29.6 Å². The highest BCUT2D eigenvalue weighted by Gasteiger charge is 2.19. The average Bonchev–Trinajstić information content (AvgIpc) is 2.92. The van der Waals surface area contributed by atoms with Gasteiger partial charge in [-0.2, -0.15) is 0 Å². The largest absolute Gasteiger partial charge is 0.466 e. The minimum absolute atomic E-state index is 0.762. The first-order valence-electron chi connectivity index (χ1n) is 6.57. The van der Waals surface area contributed by atoms with E-state index in [-0.39, 0.29) is 0 Å². The summed E-state index contributed by atoms with van der Waals surface area (Å²) in [6.45, 7) is 4.95. The Morgan fingerprint density at radius 2 is 2.28 bits per heavy atom. The van der Waals surface area contributed by atoms with Crippen LogP contribution >= 0.6 is 0 Å². The third-order valence-electron chi connectivity index (χ3n) is 3.33. The normalized spacial score (nSPS) is 15.2. The topological polar surface area (TPSA) is 53.9 Å². The molecular formula is C14H19N3O. The van der Waals surface area contributed by atoms with Crippen LogP contribution in [0.2, 0.25) is 0 Å². The highest BCUT2D eigenvalue weighted by atomic mass is 16.3. The lowest BCUT2D eigenvalue weighted by atomic mass is 10.2. The molecule has 0 aliphatic heterocycles. The number of rotatable bonds is 5. The zero-order chi connectivity index (χ0) is 12.5. The number of nitrogens with zero attached hydrogens (tertiary/aromatic N) is 1. The van der Waals surface area contributed by atoms with Gasteiger partial charge in [-0.1, -0.05) is 0 Å². The number of aromatic amines is 1. The number of imidazole rings is 1. The van der Waals surface area contributed by atoms with Crippen molar-refractivity contribution in [1.29, 1.82) is 0 Å². The van der Waals surface area contributed by atoms with Gasteiger partial charge < -0.3 is 14.7 Å². The smallest absolute Gasteiger partial charge is 0.110 e. The zero-order valence-electron chi connectivity index (χ0n) is 10.9. The molecule has 4 nitrogen and oxygen atoms in total. The van der Waals surface area contributed by atoms with Crippen LogP contribution in [0.25, 0.3) is 11.3 Å². The summed E-state index contributed by atoms with van der Waals surface area (Å²) >= 11 is 0. The van der Waals surface area contributed by atoms with Crippen LogP contribution in [0.5, 0.6) is 0 Å². The van der Waals surface area contributed by atoms with E-state index in [0.717, 1.165) is 47.6 Å². The van der Waals surface area contributed by atoms with Crippen molar-refractivity contribution >= 4 is 0 Å². The molecule has 2 aromatic heterocycles. The Morgan fingerprint density at radius 3 is 2.94 bits per heavy atom. The van der Waals surface area contributed by atoms with Crippen LogP contribution in [-0.2, 0) is 6.42 Å². The van der Waals surface area contributed by atoms with Gasteiger partial charge in [-0.3, -0.25) is 0 Å². The summed E-state index contributed by atoms with van der Waals surface area (Å²) in [5.41, 5.74) is 2.16. The number of H-pyrrole nitrogens is 1. The maximum atomic E-state index is 5.54. The summed E-state index contributed by atoms with van der Waals surface area (Å²) in [7, 11) is 0. The first kappa shape index (κ1) is 11.5. The van der Waals surface area contributed by atoms with Crippen molar-refractivity contribution in [2.24, 2.45) is 0 Å². The van der Waals surface area contributed by atoms with Gasteiger partial charge >= 0.3 is 0 Å². The summed E-state index contributed by atoms with van der Waals surface area (Å²) < 4.78 is 5.54. The first-order chi connectivity index (χ1) is 8.72. The maximum absolute atomic E-state index is 5.54. The van der Waals surface area contributed by atoms with E-state index in [1.807, 2.05) is 20.0 Å². The fourth-order valence-electron chi connectivity index (χ4n) is 2.21. The molecule has 2 N–H and O–H groups in total. The van der Waals surface area contributed by atoms with Crippen molar-refractivity contribution in [3.63, 3.8) is 0 Å². The van der Waals surface area contributed by atoms with Crippen molar-refractivity contribution < 1.29 is 4.42 Å². The lowest BCUT2D eigenvalue weighted by Gasteiger charge is -1.99. The molecule has 0 radical (unpaired) electrons. The maximum Gasteiger partial charge on any atom is 0.110 e. The number of hydrogen-bond acceptors (Lipinski definition) is 3. The third-order valence-corrected chi connectivity index (χ3v) is 3.33. The van der Waals surface area contributed by atoms with Crippen molar-refractivity contribution in [2.45, 2.75) is 39.2 Å². The molecule has 2 aromatic rings. The molecule has 1 fully saturated rings. The Morgan fingerprint density at radius 1 is 1.44 bits per heavy atom. The van der Waals surface area contributed by atoms with Gasteiger partial charge in [0.1, 0.15) is 17.3 Å². The fraction of sp³-hybridized carbons (Fsp3) is 0.500. The molecular weight excluding hydrogens is 226 g/mol. The average molecular weight is 245 g/mol. The monoisotopic (exact) mass is 245 g/mol. The third kappa shape index (κ3) is 2.48. The van der Waals surface area contributed by atoms with E-state index >= 15 is 0 Å². The SMILES string of the molecule is Cc1cc(-c2cnc(CCNC3CC3)[nH]2)c(C)o1. The van der Waals surface area contributed by atoms with Crippen LogP contribution in [-0.4, -0.2) is 22.6 Å². The Kier molecular flexibility index (Phi) is 2.96. The molecule has 3 rings (SSSR count). The van der Waals surface area contributed by atoms with E-state index in [1.165, 1.54) is 12.8 Å². The lowest BCUT2D eigenvalue weighted by Crippen LogP contribution is -2.19. The standard InChI is InChI=1S/C14H19N3O/c1-9-7-12(10(2)18-9)13-8-16-14(17-13)5-6-15-11-3-4-11/h7-8,11,15H,3-6H2,1-2H3,(H,16,17). The predicted octanol–water partition coefficient (Wildman–Crippen LogP) is 2.58. The Hall–Kier alpha value is -1.55. The van der Waals surface area contributed by atoms with Gasteiger partial charge in [-0.25, -0.2) is 4.98 Å². The van der Waals surface area contributed by atoms with Crippen molar-refractivity contribution in [3.8, 4) is 11.3 Å². The predicted molar refractivity (Wildman–Crippen MR) is 70.5 cm³/mol. The number of aromatic nitrogens is 2. The first-order valence-corrected chi connectivity index (χ1v) is 6.57. The highest BCUT2D eigenvalue weighted by Crippen LogP contribution is 2.25. The molecule has 4 heteroatoms. The van der Waals surface area contributed by atoms with Crippen LogP contribution < -0.4 is 5.32 Å². The van der Waals surface area contributed by atoms with Crippen LogP contribution in [0.15, 0.2) is 16.7 Å². The Bertz CT molecular complexity index is 537. The second-order valence-electron chi connectivity index (χ2n) is 5.05. The number of nitrogens with one attached hydrogen (secondary N) is 2. The molecule has 1 saturated carbocycles. The Balaban J connectivity index is 1.66. The molecule has 96 valence electrons. The molecule has 0 unspecified atom stereocenters. The van der Waals surface area contributed by atoms with E-state index in [2.05, 4.69) is 21.4 Å². The van der Waals surface area contributed by atoms with Gasteiger partial charge in [-0.05, 0) is 32.8 Å². The molecule has 0 saturated heterocycles. The number of aryl methyl sites for hydroxylation is 2. The highest BCUT2D eigenvalue weighted by molar-refractivity contribution is 5.61. The number of furan rings is 1.